The molecule has 4 rings (SSSR count). The molecule has 2 amide bonds. The number of nitrogens with one attached hydrogen (secondary N) is 4. The first kappa shape index (κ1) is 33.2. The summed E-state index contributed by atoms with van der Waals surface area (Å²) in [7, 11) is -1.91. The van der Waals surface area contributed by atoms with Crippen molar-refractivity contribution in [2.24, 2.45) is 0 Å². The lowest BCUT2D eigenvalue weighted by Gasteiger charge is -2.28. The Balaban J connectivity index is 1.61. The Kier molecular flexibility index (Phi) is 11.0. The Morgan fingerprint density at radius 2 is 1.53 bits per heavy atom. The third-order valence-corrected chi connectivity index (χ3v) is 8.69. The van der Waals surface area contributed by atoms with Crippen molar-refractivity contribution in [1.82, 2.24) is 20.8 Å². The summed E-state index contributed by atoms with van der Waals surface area (Å²) in [5, 5.41) is 24.3. The fourth-order valence-electron chi connectivity index (χ4n) is 4.81. The predicted molar refractivity (Wildman–Crippen MR) is 176 cm³/mol. The van der Waals surface area contributed by atoms with Gasteiger partial charge in [0.2, 0.25) is 10.0 Å². The number of anilines is 2. The quantitative estimate of drug-likeness (QED) is 0.142. The van der Waals surface area contributed by atoms with Gasteiger partial charge in [0.1, 0.15) is 5.82 Å². The highest BCUT2D eigenvalue weighted by Crippen LogP contribution is 2.20. The third-order valence-electron chi connectivity index (χ3n) is 7.38. The van der Waals surface area contributed by atoms with Crippen LogP contribution in [0.2, 0.25) is 0 Å². The molecule has 1 aromatic heterocycles. The van der Waals surface area contributed by atoms with Crippen LogP contribution in [0.1, 0.15) is 57.4 Å². The maximum Gasteiger partial charge on any atom is 0.251 e. The average Bonchev–Trinajstić information content (AvgIpc) is 3.47. The number of hydrogen-bond donors (Lipinski definition) is 5. The topological polar surface area (TPSA) is 157 Å². The minimum Gasteiger partial charge on any atom is -0.389 e. The summed E-state index contributed by atoms with van der Waals surface area (Å²) in [6.07, 6.45) is -0.682. The number of H-pyrrole nitrogens is 1. The lowest BCUT2D eigenvalue weighted by Crippen LogP contribution is -2.49. The molecule has 0 unspecified atom stereocenters. The number of carbonyl (C=O) groups excluding carboxylic acids is 2. The Morgan fingerprint density at radius 1 is 0.933 bits per heavy atom. The lowest BCUT2D eigenvalue weighted by atomic mass is 9.99. The van der Waals surface area contributed by atoms with E-state index in [-0.39, 0.29) is 35.2 Å². The van der Waals surface area contributed by atoms with E-state index >= 15 is 0 Å². The van der Waals surface area contributed by atoms with Crippen LogP contribution in [-0.4, -0.2) is 67.0 Å². The molecule has 0 spiro atoms. The molecule has 0 aliphatic carbocycles. The third kappa shape index (κ3) is 9.40. The highest BCUT2D eigenvalue weighted by Gasteiger charge is 2.26. The fourth-order valence-corrected chi connectivity index (χ4v) is 5.43. The zero-order valence-corrected chi connectivity index (χ0v) is 26.6. The second-order valence-electron chi connectivity index (χ2n) is 11.0. The molecule has 12 heteroatoms. The van der Waals surface area contributed by atoms with Gasteiger partial charge in [0.05, 0.1) is 29.6 Å². The number of aliphatic hydroxyl groups is 1. The van der Waals surface area contributed by atoms with Gasteiger partial charge in [0.25, 0.3) is 11.8 Å². The number of sulfonamides is 1. The highest BCUT2D eigenvalue weighted by atomic mass is 32.2. The predicted octanol–water partition coefficient (Wildman–Crippen LogP) is 3.81. The Bertz CT molecular complexity index is 1700. The number of aromatic amines is 1. The van der Waals surface area contributed by atoms with E-state index < -0.39 is 34.0 Å². The fraction of sp³-hybridized carbons (Fsp3) is 0.303. The summed E-state index contributed by atoms with van der Waals surface area (Å²) in [6, 6.07) is 23.8. The van der Waals surface area contributed by atoms with Gasteiger partial charge in [0.15, 0.2) is 0 Å². The summed E-state index contributed by atoms with van der Waals surface area (Å²) < 4.78 is 27.3. The molecule has 0 aliphatic rings. The van der Waals surface area contributed by atoms with Crippen LogP contribution in [0.4, 0.5) is 11.5 Å². The normalized spacial score (nSPS) is 13.4. The number of aryl methyl sites for hydroxylation is 1. The first-order chi connectivity index (χ1) is 21.4. The van der Waals surface area contributed by atoms with Gasteiger partial charge in [-0.15, -0.1) is 0 Å². The van der Waals surface area contributed by atoms with Crippen LogP contribution >= 0.6 is 0 Å². The summed E-state index contributed by atoms with van der Waals surface area (Å²) >= 11 is 0. The standard InChI is InChI=1S/C33H40N6O5S/c1-5-45(43,44)38-28-19-26(32(41)34-23(3)25-14-10-7-11-15-25)18-27(20-28)33(42)35-29(17-24-12-8-6-9-13-24)30(40)21-39(4)31-16-22(2)36-37-31/h6-16,18-20,23,29-30,38,40H,5,17,21H2,1-4H3,(H,34,41)(H,35,42)(H,36,37)/t23-,29+,30-/m1/s1. The van der Waals surface area contributed by atoms with Gasteiger partial charge in [-0.2, -0.15) is 5.10 Å². The Morgan fingerprint density at radius 3 is 2.11 bits per heavy atom. The summed E-state index contributed by atoms with van der Waals surface area (Å²) in [6.45, 7) is 5.38. The number of likely N-dealkylation sites (N-methyl/N-ethyl adjacent to an activating group) is 1. The molecule has 0 saturated heterocycles. The van der Waals surface area contributed by atoms with Gasteiger partial charge >= 0.3 is 0 Å². The molecule has 0 bridgehead atoms. The zero-order valence-electron chi connectivity index (χ0n) is 25.8. The minimum absolute atomic E-state index is 0.0605. The van der Waals surface area contributed by atoms with Crippen LogP contribution < -0.4 is 20.3 Å². The first-order valence-corrected chi connectivity index (χ1v) is 16.4. The van der Waals surface area contributed by atoms with Crippen LogP contribution in [0.5, 0.6) is 0 Å². The molecule has 0 saturated carbocycles. The van der Waals surface area contributed by atoms with Gasteiger partial charge in [-0.25, -0.2) is 8.42 Å². The van der Waals surface area contributed by atoms with Crippen molar-refractivity contribution in [2.45, 2.75) is 45.4 Å². The van der Waals surface area contributed by atoms with Crippen LogP contribution in [0.15, 0.2) is 84.9 Å². The van der Waals surface area contributed by atoms with Crippen LogP contribution in [0, 0.1) is 6.92 Å². The number of rotatable bonds is 14. The molecule has 238 valence electrons. The van der Waals surface area contributed by atoms with Crippen molar-refractivity contribution < 1.29 is 23.1 Å². The van der Waals surface area contributed by atoms with E-state index in [1.807, 2.05) is 80.6 Å². The van der Waals surface area contributed by atoms with Crippen molar-refractivity contribution in [2.75, 3.05) is 29.0 Å². The van der Waals surface area contributed by atoms with E-state index in [0.29, 0.717) is 12.2 Å². The van der Waals surface area contributed by atoms with E-state index in [2.05, 4.69) is 25.6 Å². The molecule has 3 atom stereocenters. The first-order valence-electron chi connectivity index (χ1n) is 14.7. The van der Waals surface area contributed by atoms with Crippen LogP contribution in [0.3, 0.4) is 0 Å². The van der Waals surface area contributed by atoms with E-state index in [1.54, 1.807) is 11.9 Å². The Labute approximate surface area is 264 Å². The molecule has 45 heavy (non-hydrogen) atoms. The van der Waals surface area contributed by atoms with Crippen LogP contribution in [0.25, 0.3) is 0 Å². The van der Waals surface area contributed by atoms with Gasteiger partial charge in [-0.05, 0) is 56.5 Å². The molecule has 11 nitrogen and oxygen atoms in total. The summed E-state index contributed by atoms with van der Waals surface area (Å²) in [5.41, 5.74) is 2.91. The zero-order chi connectivity index (χ0) is 32.6. The highest BCUT2D eigenvalue weighted by molar-refractivity contribution is 7.92. The molecular formula is C33H40N6O5S. The SMILES string of the molecule is CCS(=O)(=O)Nc1cc(C(=O)N[C@@H](Cc2ccccc2)[C@H](O)CN(C)c2cc(C)[nH]n2)cc(C(=O)N[C@H](C)c2ccccc2)c1. The van der Waals surface area contributed by atoms with Crippen LogP contribution in [-0.2, 0) is 16.4 Å². The minimum atomic E-state index is -3.71. The average molecular weight is 633 g/mol. The van der Waals surface area contributed by atoms with Gasteiger partial charge in [-0.3, -0.25) is 19.4 Å². The van der Waals surface area contributed by atoms with Crippen molar-refractivity contribution in [3.8, 4) is 0 Å². The second-order valence-corrected chi connectivity index (χ2v) is 13.0. The number of benzene rings is 3. The van der Waals surface area contributed by atoms with E-state index in [1.165, 1.54) is 25.1 Å². The number of nitrogens with zero attached hydrogens (tertiary/aromatic N) is 2. The summed E-state index contributed by atoms with van der Waals surface area (Å²) in [4.78, 5) is 28.9. The number of aliphatic hydroxyl groups excluding tert-OH is 1. The van der Waals surface area contributed by atoms with Crippen molar-refractivity contribution >= 4 is 33.3 Å². The molecule has 3 aromatic carbocycles. The summed E-state index contributed by atoms with van der Waals surface area (Å²) in [5.74, 6) is -0.594. The van der Waals surface area contributed by atoms with Gasteiger partial charge < -0.3 is 20.6 Å². The van der Waals surface area contributed by atoms with Gasteiger partial charge in [-0.1, -0.05) is 60.7 Å². The van der Waals surface area contributed by atoms with Crippen molar-refractivity contribution in [3.63, 3.8) is 0 Å². The smallest absolute Gasteiger partial charge is 0.251 e. The van der Waals surface area contributed by atoms with Gasteiger partial charge in [0, 0.05) is 36.5 Å². The maximum absolute atomic E-state index is 13.8. The molecule has 0 fully saturated rings. The number of aromatic nitrogens is 2. The van der Waals surface area contributed by atoms with E-state index in [0.717, 1.165) is 16.8 Å². The molecule has 4 aromatic rings. The lowest BCUT2D eigenvalue weighted by molar-refractivity contribution is 0.0843. The number of amides is 2. The van der Waals surface area contributed by atoms with Crippen molar-refractivity contribution in [3.05, 3.63) is 113 Å². The number of carbonyl (C=O) groups is 2. The number of hydrogen-bond acceptors (Lipinski definition) is 7. The van der Waals surface area contributed by atoms with E-state index in [9.17, 15) is 23.1 Å². The monoisotopic (exact) mass is 632 g/mol. The maximum atomic E-state index is 13.8. The molecule has 1 heterocycles. The molecular weight excluding hydrogens is 592 g/mol. The molecule has 5 N–H and O–H groups in total. The largest absolute Gasteiger partial charge is 0.389 e. The van der Waals surface area contributed by atoms with E-state index in [4.69, 9.17) is 0 Å². The van der Waals surface area contributed by atoms with Crippen molar-refractivity contribution in [1.29, 1.82) is 0 Å². The molecule has 0 aliphatic heterocycles. The second kappa shape index (κ2) is 14.9. The molecule has 0 radical (unpaired) electrons. The Hall–Kier alpha value is -4.68.